The van der Waals surface area contributed by atoms with E-state index in [4.69, 9.17) is 0 Å². The fraction of sp³-hybridized carbons (Fsp3) is 0.273. The van der Waals surface area contributed by atoms with Gasteiger partial charge in [0, 0.05) is 17.1 Å². The summed E-state index contributed by atoms with van der Waals surface area (Å²) in [7, 11) is 0. The van der Waals surface area contributed by atoms with E-state index in [0.717, 1.165) is 12.8 Å². The average Bonchev–Trinajstić information content (AvgIpc) is 2.53. The van der Waals surface area contributed by atoms with Crippen molar-refractivity contribution in [1.29, 1.82) is 0 Å². The smallest absolute Gasteiger partial charge is 0.0461 e. The molecule has 4 rings (SSSR count). The van der Waals surface area contributed by atoms with Gasteiger partial charge < -0.3 is 4.90 Å². The van der Waals surface area contributed by atoms with Crippen LogP contribution in [0.3, 0.4) is 0 Å². The first kappa shape index (κ1) is 14.3. The monoisotopic (exact) mass is 301 g/mol. The van der Waals surface area contributed by atoms with Crippen molar-refractivity contribution in [3.8, 4) is 0 Å². The largest absolute Gasteiger partial charge is 0.314 e. The number of hydrogen-bond acceptors (Lipinski definition) is 1. The summed E-state index contributed by atoms with van der Waals surface area (Å²) in [6, 6.07) is 15.8. The van der Waals surface area contributed by atoms with Crippen molar-refractivity contribution in [2.45, 2.75) is 39.5 Å². The molecule has 0 spiro atoms. The summed E-state index contributed by atoms with van der Waals surface area (Å²) >= 11 is 0. The third-order valence-electron chi connectivity index (χ3n) is 5.03. The van der Waals surface area contributed by atoms with Crippen molar-refractivity contribution in [1.82, 2.24) is 0 Å². The van der Waals surface area contributed by atoms with Crippen LogP contribution >= 0.6 is 0 Å². The third-order valence-corrected chi connectivity index (χ3v) is 5.03. The highest BCUT2D eigenvalue weighted by Gasteiger charge is 2.19. The maximum absolute atomic E-state index is 2.43. The van der Waals surface area contributed by atoms with Gasteiger partial charge in [-0.1, -0.05) is 35.4 Å². The van der Waals surface area contributed by atoms with Crippen molar-refractivity contribution < 1.29 is 0 Å². The highest BCUT2D eigenvalue weighted by Crippen LogP contribution is 2.37. The summed E-state index contributed by atoms with van der Waals surface area (Å²) in [5, 5.41) is 0. The second-order valence-electron chi connectivity index (χ2n) is 6.79. The fourth-order valence-electron chi connectivity index (χ4n) is 3.41. The molecule has 0 N–H and O–H groups in total. The van der Waals surface area contributed by atoms with Crippen molar-refractivity contribution in [3.63, 3.8) is 0 Å². The lowest BCUT2D eigenvalue weighted by molar-refractivity contribution is 0.834. The molecule has 2 aliphatic rings. The van der Waals surface area contributed by atoms with E-state index in [1.54, 1.807) is 0 Å². The Bertz CT molecular complexity index is 793. The van der Waals surface area contributed by atoms with E-state index in [1.807, 2.05) is 0 Å². The minimum absolute atomic E-state index is 1.10. The van der Waals surface area contributed by atoms with Gasteiger partial charge in [-0.2, -0.15) is 0 Å². The molecule has 0 radical (unpaired) electrons. The maximum atomic E-state index is 2.43. The molecule has 2 aliphatic carbocycles. The van der Waals surface area contributed by atoms with Gasteiger partial charge in [-0.3, -0.25) is 0 Å². The topological polar surface area (TPSA) is 3.24 Å². The molecule has 0 saturated carbocycles. The molecule has 0 unspecified atom stereocenters. The number of anilines is 2. The Labute approximate surface area is 139 Å². The summed E-state index contributed by atoms with van der Waals surface area (Å²) in [5.41, 5.74) is 9.75. The molecule has 23 heavy (non-hydrogen) atoms. The van der Waals surface area contributed by atoms with E-state index in [-0.39, 0.29) is 0 Å². The highest BCUT2D eigenvalue weighted by atomic mass is 15.1. The van der Waals surface area contributed by atoms with Crippen LogP contribution in [0.25, 0.3) is 0 Å². The molecule has 116 valence electrons. The lowest BCUT2D eigenvalue weighted by Gasteiger charge is -2.31. The molecule has 0 saturated heterocycles. The minimum atomic E-state index is 1.10. The first-order valence-corrected chi connectivity index (χ1v) is 8.56. The SMILES string of the molecule is CC1=CC=C(N(c2ccc(C)cc2)c2ccc3c(c2)CC3)CC1. The Morgan fingerprint density at radius 1 is 0.696 bits per heavy atom. The normalized spacial score (nSPS) is 16.1. The van der Waals surface area contributed by atoms with Gasteiger partial charge in [0.2, 0.25) is 0 Å². The molecule has 0 atom stereocenters. The predicted molar refractivity (Wildman–Crippen MR) is 98.2 cm³/mol. The third kappa shape index (κ3) is 2.72. The molecule has 0 aliphatic heterocycles. The van der Waals surface area contributed by atoms with E-state index in [9.17, 15) is 0 Å². The summed E-state index contributed by atoms with van der Waals surface area (Å²) in [5.74, 6) is 0. The van der Waals surface area contributed by atoms with E-state index in [0.29, 0.717) is 0 Å². The molecule has 0 fully saturated rings. The molecular weight excluding hydrogens is 278 g/mol. The molecule has 2 aromatic rings. The zero-order chi connectivity index (χ0) is 15.8. The molecule has 0 aromatic heterocycles. The van der Waals surface area contributed by atoms with Crippen molar-refractivity contribution in [2.24, 2.45) is 0 Å². The van der Waals surface area contributed by atoms with Crippen LogP contribution < -0.4 is 4.90 Å². The predicted octanol–water partition coefficient (Wildman–Crippen LogP) is 5.86. The Morgan fingerprint density at radius 3 is 2.04 bits per heavy atom. The van der Waals surface area contributed by atoms with Crippen molar-refractivity contribution >= 4 is 11.4 Å². The first-order valence-electron chi connectivity index (χ1n) is 8.56. The second kappa shape index (κ2) is 5.73. The van der Waals surface area contributed by atoms with Gasteiger partial charge in [0.25, 0.3) is 0 Å². The van der Waals surface area contributed by atoms with Crippen LogP contribution in [0.2, 0.25) is 0 Å². The second-order valence-corrected chi connectivity index (χ2v) is 6.79. The maximum Gasteiger partial charge on any atom is 0.0461 e. The van der Waals surface area contributed by atoms with Gasteiger partial charge in [0.1, 0.15) is 0 Å². The lowest BCUT2D eigenvalue weighted by Crippen LogP contribution is -2.19. The minimum Gasteiger partial charge on any atom is -0.314 e. The van der Waals surface area contributed by atoms with Crippen LogP contribution in [0.5, 0.6) is 0 Å². The molecule has 2 aromatic carbocycles. The summed E-state index contributed by atoms with van der Waals surface area (Å²) in [4.78, 5) is 2.43. The molecular formula is C22H23N. The number of hydrogen-bond donors (Lipinski definition) is 0. The summed E-state index contributed by atoms with van der Waals surface area (Å²) < 4.78 is 0. The summed E-state index contributed by atoms with van der Waals surface area (Å²) in [6.45, 7) is 4.36. The molecule has 0 heterocycles. The van der Waals surface area contributed by atoms with E-state index in [1.165, 1.54) is 52.2 Å². The number of allylic oxidation sites excluding steroid dienone is 4. The Kier molecular flexibility index (Phi) is 3.57. The Morgan fingerprint density at radius 2 is 1.43 bits per heavy atom. The number of aryl methyl sites for hydroxylation is 3. The Hall–Kier alpha value is -2.28. The van der Waals surface area contributed by atoms with Gasteiger partial charge in [-0.15, -0.1) is 0 Å². The van der Waals surface area contributed by atoms with E-state index < -0.39 is 0 Å². The zero-order valence-electron chi connectivity index (χ0n) is 14.0. The van der Waals surface area contributed by atoms with Gasteiger partial charge >= 0.3 is 0 Å². The number of fused-ring (bicyclic) bond motifs is 1. The van der Waals surface area contributed by atoms with Crippen LogP contribution in [0.4, 0.5) is 11.4 Å². The standard InChI is InChI=1S/C22H23N/c1-16-3-10-20(11-4-16)23(21-12-5-17(2)6-13-21)22-14-9-18-7-8-19(18)15-22/h3-5,9-12,14-15H,6-8,13H2,1-2H3. The van der Waals surface area contributed by atoms with Crippen molar-refractivity contribution in [3.05, 3.63) is 82.6 Å². The van der Waals surface area contributed by atoms with Crippen LogP contribution in [0, 0.1) is 6.92 Å². The number of nitrogens with zero attached hydrogens (tertiary/aromatic N) is 1. The molecule has 1 nitrogen and oxygen atoms in total. The highest BCUT2D eigenvalue weighted by molar-refractivity contribution is 5.70. The zero-order valence-corrected chi connectivity index (χ0v) is 14.0. The average molecular weight is 301 g/mol. The van der Waals surface area contributed by atoms with E-state index in [2.05, 4.69) is 73.4 Å². The first-order chi connectivity index (χ1) is 11.2. The van der Waals surface area contributed by atoms with Gasteiger partial charge in [0.05, 0.1) is 0 Å². The van der Waals surface area contributed by atoms with Crippen LogP contribution in [0.15, 0.2) is 65.9 Å². The summed E-state index contributed by atoms with van der Waals surface area (Å²) in [6.07, 6.45) is 9.28. The van der Waals surface area contributed by atoms with E-state index >= 15 is 0 Å². The van der Waals surface area contributed by atoms with Gasteiger partial charge in [-0.05, 0) is 81.0 Å². The number of rotatable bonds is 3. The van der Waals surface area contributed by atoms with Gasteiger partial charge in [0.15, 0.2) is 0 Å². The molecule has 1 heteroatoms. The molecule has 0 amide bonds. The fourth-order valence-corrected chi connectivity index (χ4v) is 3.41. The number of benzene rings is 2. The van der Waals surface area contributed by atoms with Crippen molar-refractivity contribution in [2.75, 3.05) is 4.90 Å². The quantitative estimate of drug-likeness (QED) is 0.686. The lowest BCUT2D eigenvalue weighted by atomic mass is 9.88. The molecule has 0 bridgehead atoms. The van der Waals surface area contributed by atoms with Crippen LogP contribution in [-0.4, -0.2) is 0 Å². The Balaban J connectivity index is 1.79. The van der Waals surface area contributed by atoms with Crippen LogP contribution in [0.1, 0.15) is 36.5 Å². The van der Waals surface area contributed by atoms with Gasteiger partial charge in [-0.25, -0.2) is 0 Å². The van der Waals surface area contributed by atoms with Crippen LogP contribution in [-0.2, 0) is 12.8 Å².